The number of anilines is 1. The van der Waals surface area contributed by atoms with Crippen molar-refractivity contribution in [3.63, 3.8) is 0 Å². The molecule has 0 bridgehead atoms. The Morgan fingerprint density at radius 1 is 1.20 bits per heavy atom. The molecule has 5 rings (SSSR count). The van der Waals surface area contributed by atoms with Crippen LogP contribution >= 0.6 is 0 Å². The zero-order chi connectivity index (χ0) is 29.5. The lowest BCUT2D eigenvalue weighted by atomic mass is 9.88. The van der Waals surface area contributed by atoms with Gasteiger partial charge in [-0.3, -0.25) is 24.0 Å². The highest BCUT2D eigenvalue weighted by atomic mass is 19.4. The predicted molar refractivity (Wildman–Crippen MR) is 137 cm³/mol. The lowest BCUT2D eigenvalue weighted by molar-refractivity contribution is -0.148. The highest BCUT2D eigenvalue weighted by Gasteiger charge is 2.48. The largest absolute Gasteiger partial charge is 0.407 e. The van der Waals surface area contributed by atoms with E-state index in [4.69, 9.17) is 0 Å². The fourth-order valence-electron chi connectivity index (χ4n) is 5.40. The van der Waals surface area contributed by atoms with E-state index in [1.165, 1.54) is 12.4 Å². The van der Waals surface area contributed by atoms with Gasteiger partial charge in [0.1, 0.15) is 30.0 Å². The Labute approximate surface area is 233 Å². The van der Waals surface area contributed by atoms with Gasteiger partial charge in [-0.2, -0.15) is 22.7 Å². The Morgan fingerprint density at radius 2 is 1.88 bits per heavy atom. The van der Waals surface area contributed by atoms with E-state index >= 15 is 0 Å². The molecule has 0 spiro atoms. The number of hydrogen-bond acceptors (Lipinski definition) is 8. The Morgan fingerprint density at radius 3 is 2.46 bits per heavy atom. The monoisotopic (exact) mass is 583 g/mol. The van der Waals surface area contributed by atoms with Crippen molar-refractivity contribution in [3.05, 3.63) is 42.0 Å². The molecule has 12 nitrogen and oxygen atoms in total. The molecule has 2 amide bonds. The molecule has 0 radical (unpaired) electrons. The smallest absolute Gasteiger partial charge is 0.394 e. The van der Waals surface area contributed by atoms with Crippen molar-refractivity contribution in [2.45, 2.75) is 63.8 Å². The molecule has 16 heteroatoms. The highest BCUT2D eigenvalue weighted by molar-refractivity contribution is 6.00. The molecule has 1 aliphatic heterocycles. The summed E-state index contributed by atoms with van der Waals surface area (Å²) in [7, 11) is 0. The maximum atomic E-state index is 15.0. The summed E-state index contributed by atoms with van der Waals surface area (Å²) in [5.41, 5.74) is 4.67. The van der Waals surface area contributed by atoms with Gasteiger partial charge in [0.05, 0.1) is 18.5 Å². The van der Waals surface area contributed by atoms with E-state index in [0.717, 1.165) is 41.6 Å². The van der Waals surface area contributed by atoms with Gasteiger partial charge in [-0.1, -0.05) is 0 Å². The standard InChI is InChI=1S/C25H33F4N9O3/c1-13(2)38-17(7-8-31-38)23(40)33-21(20(14-3-4-14)15-5-6-15)24(41)32-16-10-36(34-22(16)26)19(11-39)18-9-30-35-37(18)12-25(27,28)29/h7-10,13-15,19-21,30,35,39H,3-6,11-12H2,1-2H3,(H,32,41)(H,33,40)/t19?,21-/m0/s1. The normalized spacial score (nSPS) is 18.9. The van der Waals surface area contributed by atoms with Crippen LogP contribution in [0.5, 0.6) is 0 Å². The molecule has 2 aromatic rings. The van der Waals surface area contributed by atoms with Gasteiger partial charge in [0.25, 0.3) is 11.9 Å². The molecule has 1 unspecified atom stereocenters. The topological polar surface area (TPSA) is 141 Å². The maximum Gasteiger partial charge on any atom is 0.407 e. The van der Waals surface area contributed by atoms with Crippen molar-refractivity contribution < 1.29 is 32.3 Å². The molecule has 2 aromatic heterocycles. The molecule has 3 aliphatic rings. The van der Waals surface area contributed by atoms with Crippen LogP contribution in [0.2, 0.25) is 0 Å². The minimum atomic E-state index is -4.56. The Kier molecular flexibility index (Phi) is 7.96. The number of rotatable bonds is 12. The van der Waals surface area contributed by atoms with Gasteiger partial charge in [0, 0.05) is 18.4 Å². The molecule has 2 atom stereocenters. The molecule has 2 saturated carbocycles. The zero-order valence-electron chi connectivity index (χ0n) is 22.5. The average molecular weight is 584 g/mol. The SMILES string of the molecule is CC(C)n1nccc1C(=O)N[C@H](C(=O)Nc1cn(C(CO)C2=CNNN2CC(F)(F)F)nc1F)C(C1CC1)C1CC1. The third-order valence-electron chi connectivity index (χ3n) is 7.53. The number of aliphatic hydroxyl groups is 1. The second kappa shape index (κ2) is 11.3. The number of nitrogens with zero attached hydrogens (tertiary/aromatic N) is 5. The Bertz CT molecular complexity index is 1290. The zero-order valence-corrected chi connectivity index (χ0v) is 22.5. The van der Waals surface area contributed by atoms with Crippen LogP contribution in [0.15, 0.2) is 30.4 Å². The summed E-state index contributed by atoms with van der Waals surface area (Å²) in [6.07, 6.45) is 2.98. The van der Waals surface area contributed by atoms with Gasteiger partial charge in [0.15, 0.2) is 0 Å². The van der Waals surface area contributed by atoms with Gasteiger partial charge in [-0.05, 0) is 63.4 Å². The first-order chi connectivity index (χ1) is 19.5. The molecule has 2 fully saturated rings. The number of aromatic nitrogens is 4. The molecule has 0 aromatic carbocycles. The summed E-state index contributed by atoms with van der Waals surface area (Å²) in [5, 5.41) is 24.0. The van der Waals surface area contributed by atoms with E-state index in [2.05, 4.69) is 31.8 Å². The van der Waals surface area contributed by atoms with Crippen LogP contribution in [-0.4, -0.2) is 66.9 Å². The maximum absolute atomic E-state index is 15.0. The molecule has 3 heterocycles. The third kappa shape index (κ3) is 6.48. The van der Waals surface area contributed by atoms with E-state index in [0.29, 0.717) is 5.69 Å². The first kappa shape index (κ1) is 28.9. The van der Waals surface area contributed by atoms with Crippen LogP contribution < -0.4 is 21.6 Å². The number of alkyl halides is 3. The van der Waals surface area contributed by atoms with Crippen molar-refractivity contribution in [3.8, 4) is 0 Å². The van der Waals surface area contributed by atoms with E-state index in [1.807, 2.05) is 13.8 Å². The number of hydrazine groups is 2. The highest BCUT2D eigenvalue weighted by Crippen LogP contribution is 2.51. The van der Waals surface area contributed by atoms with Crippen LogP contribution in [0.3, 0.4) is 0 Å². The Balaban J connectivity index is 1.36. The summed E-state index contributed by atoms with van der Waals surface area (Å²) >= 11 is 0. The number of amides is 2. The molecule has 41 heavy (non-hydrogen) atoms. The van der Waals surface area contributed by atoms with Gasteiger partial charge < -0.3 is 21.2 Å². The van der Waals surface area contributed by atoms with Crippen LogP contribution in [0.4, 0.5) is 23.2 Å². The fourth-order valence-corrected chi connectivity index (χ4v) is 5.40. The molecular formula is C25H33F4N9O3. The van der Waals surface area contributed by atoms with Crippen LogP contribution in [0.25, 0.3) is 0 Å². The summed E-state index contributed by atoms with van der Waals surface area (Å²) in [6, 6.07) is -0.678. The molecule has 2 aliphatic carbocycles. The molecule has 0 saturated heterocycles. The predicted octanol–water partition coefficient (Wildman–Crippen LogP) is 2.23. The van der Waals surface area contributed by atoms with Crippen LogP contribution in [0, 0.1) is 23.7 Å². The minimum absolute atomic E-state index is 0.0420. The number of halogens is 4. The van der Waals surface area contributed by atoms with E-state index in [-0.39, 0.29) is 35.2 Å². The minimum Gasteiger partial charge on any atom is -0.394 e. The third-order valence-corrected chi connectivity index (χ3v) is 7.53. The second-order valence-electron chi connectivity index (χ2n) is 11.0. The Hall–Kier alpha value is -3.66. The van der Waals surface area contributed by atoms with Gasteiger partial charge >= 0.3 is 6.18 Å². The van der Waals surface area contributed by atoms with Crippen LogP contribution in [-0.2, 0) is 4.79 Å². The van der Waals surface area contributed by atoms with Crippen molar-refractivity contribution in [1.82, 2.24) is 40.8 Å². The number of nitrogens with one attached hydrogen (secondary N) is 4. The fraction of sp³-hybridized carbons (Fsp3) is 0.600. The number of carbonyl (C=O) groups is 2. The summed E-state index contributed by atoms with van der Waals surface area (Å²) < 4.78 is 56.5. The van der Waals surface area contributed by atoms with Gasteiger partial charge in [-0.15, -0.1) is 10.6 Å². The van der Waals surface area contributed by atoms with Crippen molar-refractivity contribution in [2.75, 3.05) is 18.5 Å². The molecular weight excluding hydrogens is 550 g/mol. The molecule has 224 valence electrons. The number of aliphatic hydroxyl groups excluding tert-OH is 1. The number of hydrogen-bond donors (Lipinski definition) is 5. The van der Waals surface area contributed by atoms with E-state index in [1.54, 1.807) is 10.7 Å². The van der Waals surface area contributed by atoms with Crippen molar-refractivity contribution >= 4 is 17.5 Å². The van der Waals surface area contributed by atoms with E-state index < -0.39 is 49.2 Å². The van der Waals surface area contributed by atoms with Crippen LogP contribution in [0.1, 0.15) is 62.1 Å². The number of carbonyl (C=O) groups excluding carboxylic acids is 2. The van der Waals surface area contributed by atoms with Gasteiger partial charge in [0.2, 0.25) is 5.91 Å². The quantitative estimate of drug-likeness (QED) is 0.240. The van der Waals surface area contributed by atoms with E-state index in [9.17, 15) is 32.3 Å². The summed E-state index contributed by atoms with van der Waals surface area (Å²) in [4.78, 5) is 26.9. The molecule has 5 N–H and O–H groups in total. The van der Waals surface area contributed by atoms with Crippen molar-refractivity contribution in [1.29, 1.82) is 0 Å². The first-order valence-electron chi connectivity index (χ1n) is 13.5. The summed E-state index contributed by atoms with van der Waals surface area (Å²) in [5.74, 6) is -1.80. The van der Waals surface area contributed by atoms with Crippen molar-refractivity contribution in [2.24, 2.45) is 17.8 Å². The summed E-state index contributed by atoms with van der Waals surface area (Å²) in [6.45, 7) is 1.67. The second-order valence-corrected chi connectivity index (χ2v) is 11.0. The lowest BCUT2D eigenvalue weighted by Crippen LogP contribution is -2.50. The lowest BCUT2D eigenvalue weighted by Gasteiger charge is -2.27. The van der Waals surface area contributed by atoms with Gasteiger partial charge in [-0.25, -0.2) is 0 Å². The average Bonchev–Trinajstić information content (AvgIpc) is 3.79. The first-order valence-corrected chi connectivity index (χ1v) is 13.5.